The molecule has 0 aliphatic carbocycles. The maximum atomic E-state index is 13.0. The molecule has 136 valence electrons. The molecule has 0 atom stereocenters. The number of hydrogen-bond acceptors (Lipinski definition) is 4. The molecule has 0 fully saturated rings. The predicted molar refractivity (Wildman–Crippen MR) is 106 cm³/mol. The van der Waals surface area contributed by atoms with Gasteiger partial charge in [-0.1, -0.05) is 32.0 Å². The molecule has 1 N–H and O–H groups in total. The molecule has 1 amide bonds. The van der Waals surface area contributed by atoms with Crippen LogP contribution >= 0.6 is 11.3 Å². The third-order valence-electron chi connectivity index (χ3n) is 4.43. The molecule has 3 aromatic rings. The Morgan fingerprint density at radius 3 is 2.54 bits per heavy atom. The number of benzene rings is 1. The van der Waals surface area contributed by atoms with E-state index in [0.717, 1.165) is 12.0 Å². The van der Waals surface area contributed by atoms with Crippen molar-refractivity contribution in [2.75, 3.05) is 11.9 Å². The summed E-state index contributed by atoms with van der Waals surface area (Å²) in [6.07, 6.45) is 0.772. The van der Waals surface area contributed by atoms with Gasteiger partial charge in [-0.3, -0.25) is 9.59 Å². The Balaban J connectivity index is 2.19. The van der Waals surface area contributed by atoms with E-state index in [1.54, 1.807) is 26.2 Å². The lowest BCUT2D eigenvalue weighted by atomic mass is 10.0. The Morgan fingerprint density at radius 1 is 1.27 bits per heavy atom. The van der Waals surface area contributed by atoms with Crippen molar-refractivity contribution < 1.29 is 9.90 Å². The first-order valence-electron chi connectivity index (χ1n) is 8.48. The average Bonchev–Trinajstić information content (AvgIpc) is 3.03. The number of para-hydroxylation sites is 1. The van der Waals surface area contributed by atoms with Crippen molar-refractivity contribution in [1.29, 1.82) is 0 Å². The van der Waals surface area contributed by atoms with Gasteiger partial charge >= 0.3 is 0 Å². The maximum Gasteiger partial charge on any atom is 0.268 e. The molecule has 0 radical (unpaired) electrons. The number of nitrogens with zero attached hydrogens (tertiary/aromatic N) is 2. The Morgan fingerprint density at radius 2 is 1.92 bits per heavy atom. The highest BCUT2D eigenvalue weighted by atomic mass is 32.1. The monoisotopic (exact) mass is 370 g/mol. The molecule has 5 nitrogen and oxygen atoms in total. The molecule has 26 heavy (non-hydrogen) atoms. The zero-order chi connectivity index (χ0) is 19.0. The average molecular weight is 370 g/mol. The van der Waals surface area contributed by atoms with E-state index in [-0.39, 0.29) is 11.3 Å². The lowest BCUT2D eigenvalue weighted by molar-refractivity contribution is 0.0988. The van der Waals surface area contributed by atoms with Crippen LogP contribution in [0, 0.1) is 5.92 Å². The molecule has 1 aromatic carbocycles. The number of carbonyl (C=O) groups excluding carboxylic acids is 1. The minimum atomic E-state index is -0.516. The first kappa shape index (κ1) is 18.2. The van der Waals surface area contributed by atoms with Crippen molar-refractivity contribution in [3.05, 3.63) is 57.2 Å². The lowest BCUT2D eigenvalue weighted by Gasteiger charge is -2.18. The van der Waals surface area contributed by atoms with Gasteiger partial charge < -0.3 is 14.6 Å². The molecule has 0 saturated carbocycles. The Bertz CT molecular complexity index is 1020. The second-order valence-corrected chi connectivity index (χ2v) is 7.68. The summed E-state index contributed by atoms with van der Waals surface area (Å²) in [5.74, 6) is -0.332. The zero-order valence-electron chi connectivity index (χ0n) is 15.3. The largest absolute Gasteiger partial charge is 0.506 e. The van der Waals surface area contributed by atoms with Gasteiger partial charge in [0.15, 0.2) is 0 Å². The van der Waals surface area contributed by atoms with Crippen LogP contribution in [-0.4, -0.2) is 22.6 Å². The molecular weight excluding hydrogens is 348 g/mol. The standard InChI is InChI=1S/C20H22N2O3S/c1-12(2)10-13-11-26-20-15(13)17(23)16(19(25)22(20)4)18(24)21(3)14-8-6-5-7-9-14/h5-9,11-12,23H,10H2,1-4H3. The molecular formula is C20H22N2O3S. The van der Waals surface area contributed by atoms with Gasteiger partial charge in [-0.15, -0.1) is 11.3 Å². The van der Waals surface area contributed by atoms with Crippen LogP contribution in [0.25, 0.3) is 10.2 Å². The number of hydrogen-bond donors (Lipinski definition) is 1. The van der Waals surface area contributed by atoms with Crippen molar-refractivity contribution in [3.63, 3.8) is 0 Å². The Hall–Kier alpha value is -2.60. The molecule has 2 aromatic heterocycles. The van der Waals surface area contributed by atoms with Gasteiger partial charge in [0, 0.05) is 19.8 Å². The van der Waals surface area contributed by atoms with E-state index < -0.39 is 11.5 Å². The van der Waals surface area contributed by atoms with E-state index in [2.05, 4.69) is 13.8 Å². The molecule has 0 spiro atoms. The van der Waals surface area contributed by atoms with Gasteiger partial charge in [0.05, 0.1) is 5.39 Å². The summed E-state index contributed by atoms with van der Waals surface area (Å²) in [6, 6.07) is 9.06. The van der Waals surface area contributed by atoms with Crippen molar-refractivity contribution in [2.24, 2.45) is 13.0 Å². The smallest absolute Gasteiger partial charge is 0.268 e. The van der Waals surface area contributed by atoms with E-state index in [4.69, 9.17) is 0 Å². The number of aromatic nitrogens is 1. The van der Waals surface area contributed by atoms with Gasteiger partial charge in [0.25, 0.3) is 11.5 Å². The number of anilines is 1. The van der Waals surface area contributed by atoms with E-state index >= 15 is 0 Å². The Kier molecular flexibility index (Phi) is 4.87. The summed E-state index contributed by atoms with van der Waals surface area (Å²) in [4.78, 5) is 27.8. The van der Waals surface area contributed by atoms with Crippen LogP contribution in [0.5, 0.6) is 5.75 Å². The van der Waals surface area contributed by atoms with Gasteiger partial charge in [-0.2, -0.15) is 0 Å². The third-order valence-corrected chi connectivity index (χ3v) is 5.54. The number of rotatable bonds is 4. The number of amides is 1. The summed E-state index contributed by atoms with van der Waals surface area (Å²) in [5, 5.41) is 13.4. The molecule has 2 heterocycles. The number of aromatic hydroxyl groups is 1. The molecule has 0 saturated heterocycles. The highest BCUT2D eigenvalue weighted by molar-refractivity contribution is 7.17. The van der Waals surface area contributed by atoms with Gasteiger partial charge in [-0.25, -0.2) is 0 Å². The number of fused-ring (bicyclic) bond motifs is 1. The van der Waals surface area contributed by atoms with E-state index in [1.807, 2.05) is 23.6 Å². The van der Waals surface area contributed by atoms with Crippen molar-refractivity contribution in [2.45, 2.75) is 20.3 Å². The fourth-order valence-corrected chi connectivity index (χ4v) is 4.14. The van der Waals surface area contributed by atoms with Gasteiger partial charge in [0.1, 0.15) is 16.1 Å². The summed E-state index contributed by atoms with van der Waals surface area (Å²) in [5.41, 5.74) is 0.951. The highest BCUT2D eigenvalue weighted by Crippen LogP contribution is 2.35. The summed E-state index contributed by atoms with van der Waals surface area (Å²) in [7, 11) is 3.24. The zero-order valence-corrected chi connectivity index (χ0v) is 16.1. The van der Waals surface area contributed by atoms with Crippen LogP contribution in [0.4, 0.5) is 5.69 Å². The number of thiophene rings is 1. The van der Waals surface area contributed by atoms with Crippen molar-refractivity contribution in [1.82, 2.24) is 4.57 Å². The van der Waals surface area contributed by atoms with Crippen molar-refractivity contribution in [3.8, 4) is 5.75 Å². The minimum Gasteiger partial charge on any atom is -0.506 e. The van der Waals surface area contributed by atoms with Crippen LogP contribution in [0.1, 0.15) is 29.8 Å². The van der Waals surface area contributed by atoms with Gasteiger partial charge in [-0.05, 0) is 35.4 Å². The molecule has 6 heteroatoms. The number of pyridine rings is 1. The van der Waals surface area contributed by atoms with Crippen LogP contribution < -0.4 is 10.5 Å². The van der Waals surface area contributed by atoms with Crippen LogP contribution in [-0.2, 0) is 13.5 Å². The molecule has 0 aliphatic rings. The van der Waals surface area contributed by atoms with E-state index in [1.165, 1.54) is 20.8 Å². The van der Waals surface area contributed by atoms with Crippen LogP contribution in [0.2, 0.25) is 0 Å². The SMILES string of the molecule is CC(C)Cc1csc2c1c(O)c(C(=O)N(C)c1ccccc1)c(=O)n2C. The van der Waals surface area contributed by atoms with Gasteiger partial charge in [0.2, 0.25) is 0 Å². The summed E-state index contributed by atoms with van der Waals surface area (Å²) in [6.45, 7) is 4.19. The first-order valence-corrected chi connectivity index (χ1v) is 9.36. The Labute approximate surface area is 156 Å². The van der Waals surface area contributed by atoms with Crippen molar-refractivity contribution >= 4 is 33.1 Å². The normalized spacial score (nSPS) is 11.3. The fourth-order valence-electron chi connectivity index (χ4n) is 3.09. The lowest BCUT2D eigenvalue weighted by Crippen LogP contribution is -2.33. The fraction of sp³-hybridized carbons (Fsp3) is 0.300. The van der Waals surface area contributed by atoms with Crippen LogP contribution in [0.15, 0.2) is 40.5 Å². The number of carbonyl (C=O) groups is 1. The minimum absolute atomic E-state index is 0.185. The summed E-state index contributed by atoms with van der Waals surface area (Å²) >= 11 is 1.41. The van der Waals surface area contributed by atoms with Crippen LogP contribution in [0.3, 0.4) is 0 Å². The topological polar surface area (TPSA) is 62.5 Å². The summed E-state index contributed by atoms with van der Waals surface area (Å²) < 4.78 is 1.45. The molecule has 0 unspecified atom stereocenters. The maximum absolute atomic E-state index is 13.0. The molecule has 0 aliphatic heterocycles. The highest BCUT2D eigenvalue weighted by Gasteiger charge is 2.26. The predicted octanol–water partition coefficient (Wildman–Crippen LogP) is 3.78. The molecule has 3 rings (SSSR count). The van der Waals surface area contributed by atoms with E-state index in [0.29, 0.717) is 21.8 Å². The second-order valence-electron chi connectivity index (χ2n) is 6.83. The first-order chi connectivity index (χ1) is 12.3. The number of aryl methyl sites for hydroxylation is 1. The molecule has 0 bridgehead atoms. The van der Waals surface area contributed by atoms with E-state index in [9.17, 15) is 14.7 Å². The third kappa shape index (κ3) is 3.01. The second kappa shape index (κ2) is 6.96. The quantitative estimate of drug-likeness (QED) is 0.760.